The Balaban J connectivity index is 1.82. The van der Waals surface area contributed by atoms with Gasteiger partial charge in [-0.15, -0.1) is 0 Å². The van der Waals surface area contributed by atoms with Crippen LogP contribution in [0.4, 0.5) is 11.4 Å². The van der Waals surface area contributed by atoms with Crippen LogP contribution in [0.15, 0.2) is 73.1 Å². The Bertz CT molecular complexity index is 908. The normalized spacial score (nSPS) is 10.1. The molecule has 2 aromatic carbocycles. The number of nitrogens with zero attached hydrogens (tertiary/aromatic N) is 1. The fraction of sp³-hybridized carbons (Fsp3) is 0.0500. The number of anilines is 2. The molecule has 0 unspecified atom stereocenters. The number of aromatic nitrogens is 1. The van der Waals surface area contributed by atoms with E-state index in [0.717, 1.165) is 5.56 Å². The lowest BCUT2D eigenvalue weighted by Gasteiger charge is -2.12. The quantitative estimate of drug-likeness (QED) is 0.762. The van der Waals surface area contributed by atoms with Gasteiger partial charge in [-0.1, -0.05) is 30.3 Å². The molecule has 0 saturated heterocycles. The average Bonchev–Trinajstić information content (AvgIpc) is 2.63. The Morgan fingerprint density at radius 3 is 2.20 bits per heavy atom. The Labute approximate surface area is 145 Å². The van der Waals surface area contributed by atoms with Crippen LogP contribution in [0.5, 0.6) is 0 Å². The molecule has 0 spiro atoms. The van der Waals surface area contributed by atoms with Gasteiger partial charge in [0.15, 0.2) is 0 Å². The number of aryl methyl sites for hydroxylation is 1. The highest BCUT2D eigenvalue weighted by Crippen LogP contribution is 2.19. The maximum Gasteiger partial charge on any atom is 0.257 e. The summed E-state index contributed by atoms with van der Waals surface area (Å²) in [6.07, 6.45) is 3.19. The summed E-state index contributed by atoms with van der Waals surface area (Å²) < 4.78 is 0. The van der Waals surface area contributed by atoms with Gasteiger partial charge in [-0.25, -0.2) is 0 Å². The maximum atomic E-state index is 12.5. The lowest BCUT2D eigenvalue weighted by atomic mass is 10.1. The van der Waals surface area contributed by atoms with E-state index in [-0.39, 0.29) is 11.8 Å². The Morgan fingerprint density at radius 2 is 1.48 bits per heavy atom. The van der Waals surface area contributed by atoms with Crippen molar-refractivity contribution in [1.82, 2.24) is 4.98 Å². The second-order valence-electron chi connectivity index (χ2n) is 5.51. The molecule has 3 aromatic rings. The van der Waals surface area contributed by atoms with Crippen molar-refractivity contribution < 1.29 is 9.59 Å². The van der Waals surface area contributed by atoms with Gasteiger partial charge in [0.05, 0.1) is 23.1 Å². The van der Waals surface area contributed by atoms with Crippen molar-refractivity contribution in [2.24, 2.45) is 0 Å². The Hall–Kier alpha value is -3.47. The number of carbonyl (C=O) groups excluding carboxylic acids is 2. The number of para-hydroxylation sites is 1. The van der Waals surface area contributed by atoms with Crippen LogP contribution in [0.3, 0.4) is 0 Å². The van der Waals surface area contributed by atoms with Crippen LogP contribution in [-0.2, 0) is 0 Å². The fourth-order valence-electron chi connectivity index (χ4n) is 2.44. The highest BCUT2D eigenvalue weighted by Gasteiger charge is 2.15. The zero-order valence-corrected chi connectivity index (χ0v) is 13.7. The number of pyridine rings is 1. The van der Waals surface area contributed by atoms with Crippen LogP contribution in [-0.4, -0.2) is 16.8 Å². The first-order chi connectivity index (χ1) is 12.1. The van der Waals surface area contributed by atoms with Crippen molar-refractivity contribution >= 4 is 23.2 Å². The summed E-state index contributed by atoms with van der Waals surface area (Å²) in [5, 5.41) is 5.59. The molecule has 3 rings (SSSR count). The van der Waals surface area contributed by atoms with E-state index in [1.54, 1.807) is 54.9 Å². The first-order valence-corrected chi connectivity index (χ1v) is 7.82. The lowest BCUT2D eigenvalue weighted by molar-refractivity contribution is 0.102. The van der Waals surface area contributed by atoms with E-state index < -0.39 is 0 Å². The van der Waals surface area contributed by atoms with Crippen LogP contribution < -0.4 is 10.6 Å². The summed E-state index contributed by atoms with van der Waals surface area (Å²) in [5.41, 5.74) is 2.88. The van der Waals surface area contributed by atoms with Gasteiger partial charge in [0.1, 0.15) is 0 Å². The molecule has 5 nitrogen and oxygen atoms in total. The topological polar surface area (TPSA) is 71.1 Å². The molecule has 0 fully saturated rings. The third-order valence-electron chi connectivity index (χ3n) is 3.73. The summed E-state index contributed by atoms with van der Waals surface area (Å²) in [7, 11) is 0. The Morgan fingerprint density at radius 1 is 0.800 bits per heavy atom. The molecule has 25 heavy (non-hydrogen) atoms. The van der Waals surface area contributed by atoms with Gasteiger partial charge >= 0.3 is 0 Å². The number of rotatable bonds is 4. The van der Waals surface area contributed by atoms with Crippen molar-refractivity contribution in [2.45, 2.75) is 6.92 Å². The maximum absolute atomic E-state index is 12.5. The molecule has 0 radical (unpaired) electrons. The van der Waals surface area contributed by atoms with Gasteiger partial charge in [-0.05, 0) is 42.8 Å². The third-order valence-corrected chi connectivity index (χ3v) is 3.73. The zero-order chi connectivity index (χ0) is 17.6. The Kier molecular flexibility index (Phi) is 4.85. The molecule has 0 aliphatic rings. The lowest BCUT2D eigenvalue weighted by Crippen LogP contribution is -2.18. The van der Waals surface area contributed by atoms with Crippen molar-refractivity contribution in [1.29, 1.82) is 0 Å². The standard InChI is InChI=1S/C20H17N3O2/c1-14-7-2-3-9-16(14)19(24)23-18-11-5-4-10-17(18)20(25)22-15-8-6-12-21-13-15/h2-13H,1H3,(H,22,25)(H,23,24). The number of hydrogen-bond donors (Lipinski definition) is 2. The van der Waals surface area contributed by atoms with E-state index in [0.29, 0.717) is 22.5 Å². The number of carbonyl (C=O) groups is 2. The summed E-state index contributed by atoms with van der Waals surface area (Å²) in [6.45, 7) is 1.87. The van der Waals surface area contributed by atoms with Gasteiger partial charge in [0.25, 0.3) is 11.8 Å². The average molecular weight is 331 g/mol. The largest absolute Gasteiger partial charge is 0.321 e. The summed E-state index contributed by atoms with van der Waals surface area (Å²) in [6, 6.07) is 17.7. The van der Waals surface area contributed by atoms with Crippen LogP contribution in [0.25, 0.3) is 0 Å². The molecule has 0 aliphatic heterocycles. The monoisotopic (exact) mass is 331 g/mol. The number of amides is 2. The molecule has 124 valence electrons. The molecule has 1 aromatic heterocycles. The second kappa shape index (κ2) is 7.40. The van der Waals surface area contributed by atoms with E-state index in [9.17, 15) is 9.59 Å². The first-order valence-electron chi connectivity index (χ1n) is 7.82. The summed E-state index contributed by atoms with van der Waals surface area (Å²) in [5.74, 6) is -0.562. The van der Waals surface area contributed by atoms with Crippen LogP contribution in [0, 0.1) is 6.92 Å². The molecule has 2 amide bonds. The van der Waals surface area contributed by atoms with Crippen molar-refractivity contribution in [3.8, 4) is 0 Å². The third kappa shape index (κ3) is 3.90. The summed E-state index contributed by atoms with van der Waals surface area (Å²) >= 11 is 0. The predicted molar refractivity (Wildman–Crippen MR) is 97.8 cm³/mol. The van der Waals surface area contributed by atoms with Crippen molar-refractivity contribution in [2.75, 3.05) is 10.6 Å². The number of hydrogen-bond acceptors (Lipinski definition) is 3. The van der Waals surface area contributed by atoms with E-state index in [1.807, 2.05) is 25.1 Å². The van der Waals surface area contributed by atoms with Gasteiger partial charge < -0.3 is 10.6 Å². The SMILES string of the molecule is Cc1ccccc1C(=O)Nc1ccccc1C(=O)Nc1cccnc1. The molecule has 1 heterocycles. The number of benzene rings is 2. The minimum Gasteiger partial charge on any atom is -0.321 e. The van der Waals surface area contributed by atoms with E-state index in [4.69, 9.17) is 0 Å². The fourth-order valence-corrected chi connectivity index (χ4v) is 2.44. The highest BCUT2D eigenvalue weighted by molar-refractivity contribution is 6.12. The predicted octanol–water partition coefficient (Wildman–Crippen LogP) is 3.89. The van der Waals surface area contributed by atoms with Gasteiger partial charge in [0.2, 0.25) is 0 Å². The molecule has 2 N–H and O–H groups in total. The molecule has 5 heteroatoms. The minimum atomic E-state index is -0.311. The van der Waals surface area contributed by atoms with Gasteiger partial charge in [-0.3, -0.25) is 14.6 Å². The molecular weight excluding hydrogens is 314 g/mol. The van der Waals surface area contributed by atoms with E-state index in [1.165, 1.54) is 0 Å². The van der Waals surface area contributed by atoms with Gasteiger partial charge in [-0.2, -0.15) is 0 Å². The van der Waals surface area contributed by atoms with Crippen LogP contribution in [0.2, 0.25) is 0 Å². The van der Waals surface area contributed by atoms with Crippen LogP contribution in [0.1, 0.15) is 26.3 Å². The second-order valence-corrected chi connectivity index (χ2v) is 5.51. The number of nitrogens with one attached hydrogen (secondary N) is 2. The van der Waals surface area contributed by atoms with Crippen molar-refractivity contribution in [3.05, 3.63) is 89.7 Å². The first kappa shape index (κ1) is 16.4. The highest BCUT2D eigenvalue weighted by atomic mass is 16.2. The van der Waals surface area contributed by atoms with E-state index >= 15 is 0 Å². The van der Waals surface area contributed by atoms with Crippen LogP contribution >= 0.6 is 0 Å². The molecule has 0 aliphatic carbocycles. The molecule has 0 atom stereocenters. The summed E-state index contributed by atoms with van der Waals surface area (Å²) in [4.78, 5) is 29.0. The van der Waals surface area contributed by atoms with Gasteiger partial charge in [0, 0.05) is 11.8 Å². The molecular formula is C20H17N3O2. The smallest absolute Gasteiger partial charge is 0.257 e. The van der Waals surface area contributed by atoms with E-state index in [2.05, 4.69) is 15.6 Å². The zero-order valence-electron chi connectivity index (χ0n) is 13.7. The molecule has 0 bridgehead atoms. The van der Waals surface area contributed by atoms with Crippen molar-refractivity contribution in [3.63, 3.8) is 0 Å². The molecule has 0 saturated carbocycles. The minimum absolute atomic E-state index is 0.250.